The van der Waals surface area contributed by atoms with Crippen molar-refractivity contribution in [3.05, 3.63) is 71.7 Å². The van der Waals surface area contributed by atoms with Crippen LogP contribution in [0.4, 0.5) is 0 Å². The molecule has 0 bridgehead atoms. The van der Waals surface area contributed by atoms with Gasteiger partial charge in [-0.15, -0.1) is 0 Å². The van der Waals surface area contributed by atoms with Gasteiger partial charge in [0.2, 0.25) is 0 Å². The molecule has 0 aromatic heterocycles. The van der Waals surface area contributed by atoms with Crippen LogP contribution in [0.5, 0.6) is 0 Å². The van der Waals surface area contributed by atoms with Crippen LogP contribution >= 0.6 is 0 Å². The number of carboxylic acids is 1. The molecule has 0 fully saturated rings. The molecule has 0 aliphatic carbocycles. The highest BCUT2D eigenvalue weighted by molar-refractivity contribution is 7.86. The van der Waals surface area contributed by atoms with Crippen molar-refractivity contribution in [3.8, 4) is 0 Å². The van der Waals surface area contributed by atoms with Gasteiger partial charge in [-0.25, -0.2) is 0 Å². The van der Waals surface area contributed by atoms with Crippen LogP contribution in [0.3, 0.4) is 0 Å². The molecule has 19 heavy (non-hydrogen) atoms. The Hall–Kier alpha value is -1.94. The Balaban J connectivity index is 2.74. The van der Waals surface area contributed by atoms with Crippen LogP contribution in [0, 0.1) is 0 Å². The number of hydrogen-bond acceptors (Lipinski definition) is 2. The number of carboxylic acid groups (broad SMARTS) is 1. The zero-order valence-corrected chi connectivity index (χ0v) is 10.7. The van der Waals surface area contributed by atoms with E-state index in [1.54, 1.807) is 30.3 Å². The molecule has 4 heteroatoms. The second kappa shape index (κ2) is 6.29. The fourth-order valence-electron chi connectivity index (χ4n) is 1.67. The predicted molar refractivity (Wildman–Crippen MR) is 75.4 cm³/mol. The number of hydrogen-bond donors (Lipinski definition) is 1. The van der Waals surface area contributed by atoms with E-state index < -0.39 is 58.0 Å². The zero-order chi connectivity index (χ0) is 18.0. The van der Waals surface area contributed by atoms with Crippen molar-refractivity contribution in [2.45, 2.75) is 5.25 Å². The van der Waals surface area contributed by atoms with E-state index in [2.05, 4.69) is 0 Å². The molecule has 0 saturated heterocycles. The number of carbonyl (C=O) groups is 1. The SMILES string of the molecule is [2H]c1c([2H])c([2H])c(C(c2ccccc2)S(=O)CC(=O)O)c([2H])c1[2H]. The number of benzene rings is 2. The average molecular weight is 279 g/mol. The third-order valence-corrected chi connectivity index (χ3v) is 3.98. The molecule has 2 aromatic carbocycles. The molecular formula is C15H14O3S. The molecule has 0 heterocycles. The van der Waals surface area contributed by atoms with E-state index in [0.29, 0.717) is 5.56 Å². The lowest BCUT2D eigenvalue weighted by Crippen LogP contribution is -2.17. The van der Waals surface area contributed by atoms with Crippen LogP contribution in [0.2, 0.25) is 0 Å². The summed E-state index contributed by atoms with van der Waals surface area (Å²) in [7, 11) is -2.00. The van der Waals surface area contributed by atoms with Crippen LogP contribution in [0.15, 0.2) is 60.5 Å². The molecule has 0 saturated carbocycles. The summed E-state index contributed by atoms with van der Waals surface area (Å²) < 4.78 is 51.8. The van der Waals surface area contributed by atoms with E-state index in [1.807, 2.05) is 0 Å². The van der Waals surface area contributed by atoms with Gasteiger partial charge in [0.15, 0.2) is 0 Å². The molecule has 0 amide bonds. The summed E-state index contributed by atoms with van der Waals surface area (Å²) in [5.41, 5.74) is 0.266. The maximum absolute atomic E-state index is 12.6. The lowest BCUT2D eigenvalue weighted by atomic mass is 10.0. The highest BCUT2D eigenvalue weighted by Gasteiger charge is 2.22. The fourth-order valence-corrected chi connectivity index (χ4v) is 2.93. The predicted octanol–water partition coefficient (Wildman–Crippen LogP) is 2.61. The maximum atomic E-state index is 12.6. The summed E-state index contributed by atoms with van der Waals surface area (Å²) in [4.78, 5) is 10.9. The normalized spacial score (nSPS) is 17.4. The Labute approximate surface area is 121 Å². The zero-order valence-electron chi connectivity index (χ0n) is 14.8. The van der Waals surface area contributed by atoms with Crippen molar-refractivity contribution < 1.29 is 21.0 Å². The summed E-state index contributed by atoms with van der Waals surface area (Å²) in [6.07, 6.45) is 0. The van der Waals surface area contributed by atoms with E-state index >= 15 is 0 Å². The van der Waals surface area contributed by atoms with E-state index in [9.17, 15) is 9.00 Å². The first-order chi connectivity index (χ1) is 11.3. The molecule has 98 valence electrons. The Kier molecular flexibility index (Phi) is 2.74. The van der Waals surface area contributed by atoms with E-state index in [0.717, 1.165) is 0 Å². The summed E-state index contributed by atoms with van der Waals surface area (Å²) in [6, 6.07) is 5.59. The minimum Gasteiger partial charge on any atom is -0.481 e. The van der Waals surface area contributed by atoms with Crippen LogP contribution in [0.25, 0.3) is 0 Å². The Morgan fingerprint density at radius 2 is 1.79 bits per heavy atom. The third kappa shape index (κ3) is 3.51. The van der Waals surface area contributed by atoms with Gasteiger partial charge in [-0.05, 0) is 11.1 Å². The standard InChI is InChI=1S/C15H14O3S/c16-14(17)11-19(18)15(12-7-3-1-4-8-12)13-9-5-2-6-10-13/h1-10,15H,11H2,(H,16,17)/i1D,3D,4D,7D,8D. The fraction of sp³-hybridized carbons (Fsp3) is 0.133. The van der Waals surface area contributed by atoms with Gasteiger partial charge < -0.3 is 5.11 Å². The van der Waals surface area contributed by atoms with Gasteiger partial charge in [0, 0.05) is 10.8 Å². The van der Waals surface area contributed by atoms with E-state index in [1.165, 1.54) is 0 Å². The van der Waals surface area contributed by atoms with Gasteiger partial charge in [-0.2, -0.15) is 0 Å². The molecule has 1 N–H and O–H groups in total. The van der Waals surface area contributed by atoms with Crippen LogP contribution < -0.4 is 0 Å². The quantitative estimate of drug-likeness (QED) is 0.915. The molecule has 2 rings (SSSR count). The second-order valence-electron chi connectivity index (χ2n) is 3.75. The smallest absolute Gasteiger partial charge is 0.316 e. The van der Waals surface area contributed by atoms with Crippen molar-refractivity contribution in [1.82, 2.24) is 0 Å². The molecular weight excluding hydrogens is 260 g/mol. The average Bonchev–Trinajstić information content (AvgIpc) is 2.55. The molecule has 2 atom stereocenters. The highest BCUT2D eigenvalue weighted by atomic mass is 32.2. The second-order valence-corrected chi connectivity index (χ2v) is 5.27. The Morgan fingerprint density at radius 1 is 1.16 bits per heavy atom. The van der Waals surface area contributed by atoms with Crippen molar-refractivity contribution >= 4 is 16.8 Å². The van der Waals surface area contributed by atoms with Crippen molar-refractivity contribution in [2.24, 2.45) is 0 Å². The van der Waals surface area contributed by atoms with Gasteiger partial charge in [-0.1, -0.05) is 60.5 Å². The van der Waals surface area contributed by atoms with Gasteiger partial charge >= 0.3 is 5.97 Å². The molecule has 2 aromatic rings. The number of rotatable bonds is 5. The van der Waals surface area contributed by atoms with Crippen LogP contribution in [-0.4, -0.2) is 21.0 Å². The first kappa shape index (κ1) is 8.27. The van der Waals surface area contributed by atoms with Crippen molar-refractivity contribution in [2.75, 3.05) is 5.75 Å². The van der Waals surface area contributed by atoms with Gasteiger partial charge in [0.1, 0.15) is 5.75 Å². The molecule has 2 unspecified atom stereocenters. The van der Waals surface area contributed by atoms with E-state index in [4.69, 9.17) is 12.0 Å². The molecule has 0 aliphatic rings. The summed E-state index contributed by atoms with van der Waals surface area (Å²) in [5, 5.41) is 7.80. The lowest BCUT2D eigenvalue weighted by molar-refractivity contribution is -0.133. The highest BCUT2D eigenvalue weighted by Crippen LogP contribution is 2.28. The monoisotopic (exact) mass is 279 g/mol. The van der Waals surface area contributed by atoms with Crippen LogP contribution in [-0.2, 0) is 15.6 Å². The topological polar surface area (TPSA) is 54.4 Å². The molecule has 0 aliphatic heterocycles. The van der Waals surface area contributed by atoms with Crippen molar-refractivity contribution in [1.29, 1.82) is 0 Å². The summed E-state index contributed by atoms with van der Waals surface area (Å²) >= 11 is 0. The maximum Gasteiger partial charge on any atom is 0.316 e. The molecule has 0 radical (unpaired) electrons. The van der Waals surface area contributed by atoms with Gasteiger partial charge in [0.05, 0.1) is 12.1 Å². The first-order valence-electron chi connectivity index (χ1n) is 7.96. The first-order valence-corrected chi connectivity index (χ1v) is 6.84. The van der Waals surface area contributed by atoms with Crippen molar-refractivity contribution in [3.63, 3.8) is 0 Å². The van der Waals surface area contributed by atoms with Crippen LogP contribution in [0.1, 0.15) is 23.2 Å². The minimum atomic E-state index is -2.00. The molecule has 0 spiro atoms. The minimum absolute atomic E-state index is 0.160. The molecule has 3 nitrogen and oxygen atoms in total. The Morgan fingerprint density at radius 3 is 2.37 bits per heavy atom. The lowest BCUT2D eigenvalue weighted by Gasteiger charge is -2.16. The summed E-state index contributed by atoms with van der Waals surface area (Å²) in [6.45, 7) is 0. The third-order valence-electron chi connectivity index (χ3n) is 2.41. The van der Waals surface area contributed by atoms with Gasteiger partial charge in [-0.3, -0.25) is 9.00 Å². The van der Waals surface area contributed by atoms with E-state index in [-0.39, 0.29) is 5.56 Å². The van der Waals surface area contributed by atoms with Gasteiger partial charge in [0.25, 0.3) is 0 Å². The summed E-state index contributed by atoms with van der Waals surface area (Å²) in [5.74, 6) is -1.98. The number of aliphatic carboxylic acids is 1. The Bertz CT molecular complexity index is 781. The largest absolute Gasteiger partial charge is 0.481 e.